The molecule has 0 aliphatic carbocycles. The predicted molar refractivity (Wildman–Crippen MR) is 204 cm³/mol. The SMILES string of the molecule is CC(C)C(O)(c1ccc(C#Cc2ccccc2)cc1)C(COCC(n1cncn1)C(O)(c1ccc(C#Cc2ccccc2)cc1)C(C)C)n1cncn1. The van der Waals surface area contributed by atoms with Gasteiger partial charge in [-0.3, -0.25) is 0 Å². The Kier molecular flexibility index (Phi) is 11.6. The highest BCUT2D eigenvalue weighted by molar-refractivity contribution is 5.45. The molecule has 4 aromatic carbocycles. The van der Waals surface area contributed by atoms with Gasteiger partial charge in [0.2, 0.25) is 0 Å². The van der Waals surface area contributed by atoms with Gasteiger partial charge in [0.05, 0.1) is 13.2 Å². The number of aromatic nitrogens is 6. The molecular formula is C44H44N6O3. The van der Waals surface area contributed by atoms with E-state index < -0.39 is 23.3 Å². The Bertz CT molecular complexity index is 1990. The highest BCUT2D eigenvalue weighted by atomic mass is 16.5. The molecule has 0 saturated heterocycles. The Morgan fingerprint density at radius 1 is 0.528 bits per heavy atom. The van der Waals surface area contributed by atoms with Gasteiger partial charge in [-0.05, 0) is 71.5 Å². The zero-order chi connectivity index (χ0) is 37.3. The zero-order valence-electron chi connectivity index (χ0n) is 30.4. The lowest BCUT2D eigenvalue weighted by atomic mass is 9.77. The summed E-state index contributed by atoms with van der Waals surface area (Å²) in [6.07, 6.45) is 6.06. The van der Waals surface area contributed by atoms with Crippen LogP contribution in [0.3, 0.4) is 0 Å². The molecule has 6 rings (SSSR count). The molecule has 0 amide bonds. The van der Waals surface area contributed by atoms with Gasteiger partial charge in [-0.15, -0.1) is 0 Å². The number of ether oxygens (including phenoxy) is 1. The molecule has 53 heavy (non-hydrogen) atoms. The molecular weight excluding hydrogens is 661 g/mol. The van der Waals surface area contributed by atoms with Gasteiger partial charge in [0.1, 0.15) is 48.6 Å². The van der Waals surface area contributed by atoms with E-state index in [9.17, 15) is 10.2 Å². The molecule has 268 valence electrons. The second-order valence-corrected chi connectivity index (χ2v) is 13.7. The fourth-order valence-corrected chi connectivity index (χ4v) is 6.65. The molecule has 0 fully saturated rings. The van der Waals surface area contributed by atoms with Gasteiger partial charge < -0.3 is 14.9 Å². The van der Waals surface area contributed by atoms with Crippen LogP contribution >= 0.6 is 0 Å². The standard InChI is InChI=1S/C44H44N6O3/c1-33(2)43(51,39-23-19-37(20-24-39)17-15-35-11-7-5-8-12-35)41(49-31-45-29-47-49)27-53-28-42(50-32-46-30-48-50)44(52,34(3)4)40-25-21-38(22-26-40)18-16-36-13-9-6-10-14-36/h5-14,19-26,29-34,41-42,51-52H,27-28H2,1-4H3. The van der Waals surface area contributed by atoms with E-state index in [1.165, 1.54) is 12.7 Å². The first-order chi connectivity index (χ1) is 25.7. The first kappa shape index (κ1) is 36.9. The first-order valence-electron chi connectivity index (χ1n) is 17.8. The lowest BCUT2D eigenvalue weighted by molar-refractivity contribution is -0.116. The van der Waals surface area contributed by atoms with Crippen LogP contribution in [0.15, 0.2) is 135 Å². The monoisotopic (exact) mass is 704 g/mol. The van der Waals surface area contributed by atoms with Gasteiger partial charge in [-0.25, -0.2) is 19.3 Å². The number of hydrogen-bond acceptors (Lipinski definition) is 7. The van der Waals surface area contributed by atoms with E-state index >= 15 is 0 Å². The van der Waals surface area contributed by atoms with Gasteiger partial charge in [0.15, 0.2) is 0 Å². The second kappa shape index (κ2) is 16.7. The number of hydrogen-bond donors (Lipinski definition) is 2. The van der Waals surface area contributed by atoms with E-state index in [0.717, 1.165) is 22.3 Å². The molecule has 0 spiro atoms. The van der Waals surface area contributed by atoms with Gasteiger partial charge in [0, 0.05) is 22.3 Å². The van der Waals surface area contributed by atoms with Crippen molar-refractivity contribution in [2.45, 2.75) is 51.0 Å². The third-order valence-corrected chi connectivity index (χ3v) is 9.78. The normalized spacial score (nSPS) is 14.6. The van der Waals surface area contributed by atoms with Crippen molar-refractivity contribution in [3.63, 3.8) is 0 Å². The quantitative estimate of drug-likeness (QED) is 0.139. The summed E-state index contributed by atoms with van der Waals surface area (Å²) >= 11 is 0. The summed E-state index contributed by atoms with van der Waals surface area (Å²) in [5.41, 5.74) is 2.09. The average molecular weight is 705 g/mol. The molecule has 0 saturated carbocycles. The van der Waals surface area contributed by atoms with Crippen molar-refractivity contribution in [2.24, 2.45) is 11.8 Å². The van der Waals surface area contributed by atoms with E-state index in [2.05, 4.69) is 43.8 Å². The Hall–Kier alpha value is -5.84. The van der Waals surface area contributed by atoms with Crippen LogP contribution in [0.2, 0.25) is 0 Å². The highest BCUT2D eigenvalue weighted by Gasteiger charge is 2.46. The minimum atomic E-state index is -1.41. The van der Waals surface area contributed by atoms with Gasteiger partial charge in [-0.2, -0.15) is 10.2 Å². The Morgan fingerprint density at radius 3 is 1.17 bits per heavy atom. The number of aliphatic hydroxyl groups is 2. The van der Waals surface area contributed by atoms with Crippen molar-refractivity contribution in [1.82, 2.24) is 29.5 Å². The third-order valence-electron chi connectivity index (χ3n) is 9.78. The molecule has 6 aromatic rings. The van der Waals surface area contributed by atoms with Crippen molar-refractivity contribution in [3.8, 4) is 23.7 Å². The van der Waals surface area contributed by atoms with E-state index in [1.54, 1.807) is 22.0 Å². The van der Waals surface area contributed by atoms with Crippen molar-refractivity contribution >= 4 is 0 Å². The maximum Gasteiger partial charge on any atom is 0.137 e. The molecule has 9 heteroatoms. The molecule has 4 unspecified atom stereocenters. The smallest absolute Gasteiger partial charge is 0.137 e. The maximum atomic E-state index is 12.6. The molecule has 2 aromatic heterocycles. The topological polar surface area (TPSA) is 111 Å². The lowest BCUT2D eigenvalue weighted by Crippen LogP contribution is -2.46. The molecule has 9 nitrogen and oxygen atoms in total. The second-order valence-electron chi connectivity index (χ2n) is 13.7. The third kappa shape index (κ3) is 8.30. The average Bonchev–Trinajstić information content (AvgIpc) is 3.93. The summed E-state index contributed by atoms with van der Waals surface area (Å²) < 4.78 is 9.79. The molecule has 0 aliphatic heterocycles. The van der Waals surface area contributed by atoms with Crippen LogP contribution in [0.25, 0.3) is 0 Å². The number of nitrogens with zero attached hydrogens (tertiary/aromatic N) is 6. The molecule has 0 radical (unpaired) electrons. The Morgan fingerprint density at radius 2 is 0.868 bits per heavy atom. The zero-order valence-corrected chi connectivity index (χ0v) is 30.4. The summed E-state index contributed by atoms with van der Waals surface area (Å²) in [7, 11) is 0. The van der Waals surface area contributed by atoms with Crippen molar-refractivity contribution in [3.05, 3.63) is 168 Å². The van der Waals surface area contributed by atoms with Crippen molar-refractivity contribution < 1.29 is 14.9 Å². The Labute approximate surface area is 311 Å². The minimum Gasteiger partial charge on any atom is -0.383 e. The van der Waals surface area contributed by atoms with Crippen LogP contribution in [0.4, 0.5) is 0 Å². The molecule has 0 aliphatic rings. The van der Waals surface area contributed by atoms with Gasteiger partial charge >= 0.3 is 0 Å². The molecule has 2 N–H and O–H groups in total. The van der Waals surface area contributed by atoms with Crippen LogP contribution in [0.1, 0.15) is 73.2 Å². The largest absolute Gasteiger partial charge is 0.383 e. The summed E-state index contributed by atoms with van der Waals surface area (Å²) in [6.45, 7) is 7.99. The Balaban J connectivity index is 1.27. The lowest BCUT2D eigenvalue weighted by Gasteiger charge is -2.41. The minimum absolute atomic E-state index is 0.0565. The maximum absolute atomic E-state index is 12.6. The summed E-state index contributed by atoms with van der Waals surface area (Å²) in [4.78, 5) is 8.39. The molecule has 0 bridgehead atoms. The first-order valence-corrected chi connectivity index (χ1v) is 17.8. The summed E-state index contributed by atoms with van der Waals surface area (Å²) in [6, 6.07) is 33.6. The summed E-state index contributed by atoms with van der Waals surface area (Å²) in [5, 5.41) is 34.1. The van der Waals surface area contributed by atoms with E-state index in [-0.39, 0.29) is 25.0 Å². The van der Waals surface area contributed by atoms with E-state index in [0.29, 0.717) is 11.1 Å². The van der Waals surface area contributed by atoms with Crippen LogP contribution in [0.5, 0.6) is 0 Å². The van der Waals surface area contributed by atoms with Crippen LogP contribution in [-0.2, 0) is 15.9 Å². The van der Waals surface area contributed by atoms with E-state index in [1.807, 2.05) is 137 Å². The van der Waals surface area contributed by atoms with Crippen LogP contribution in [-0.4, -0.2) is 53.0 Å². The molecule has 2 heterocycles. The predicted octanol–water partition coefficient (Wildman–Crippen LogP) is 6.56. The highest BCUT2D eigenvalue weighted by Crippen LogP contribution is 2.42. The van der Waals surface area contributed by atoms with Crippen LogP contribution in [0, 0.1) is 35.5 Å². The van der Waals surface area contributed by atoms with Gasteiger partial charge in [-0.1, -0.05) is 112 Å². The number of benzene rings is 4. The van der Waals surface area contributed by atoms with Crippen LogP contribution < -0.4 is 0 Å². The van der Waals surface area contributed by atoms with Crippen molar-refractivity contribution in [2.75, 3.05) is 13.2 Å². The fraction of sp³-hybridized carbons (Fsp3) is 0.273. The number of rotatable bonds is 12. The fourth-order valence-electron chi connectivity index (χ4n) is 6.65. The van der Waals surface area contributed by atoms with Crippen molar-refractivity contribution in [1.29, 1.82) is 0 Å². The molecule has 4 atom stereocenters. The van der Waals surface area contributed by atoms with Gasteiger partial charge in [0.25, 0.3) is 0 Å². The van der Waals surface area contributed by atoms with E-state index in [4.69, 9.17) is 4.74 Å². The summed E-state index contributed by atoms with van der Waals surface area (Å²) in [5.74, 6) is 12.3.